The van der Waals surface area contributed by atoms with E-state index in [0.29, 0.717) is 12.1 Å². The molecular formula is C14H21N3O2. The number of nitrogens with two attached hydrogens (primary N) is 1. The average Bonchev–Trinajstić information content (AvgIpc) is 2.63. The van der Waals surface area contributed by atoms with Gasteiger partial charge in [-0.25, -0.2) is 4.79 Å². The van der Waals surface area contributed by atoms with Crippen LogP contribution in [0.15, 0.2) is 27.4 Å². The summed E-state index contributed by atoms with van der Waals surface area (Å²) in [5, 5.41) is 3.39. The number of aromatic nitrogens is 1. The van der Waals surface area contributed by atoms with Crippen molar-refractivity contribution in [3.8, 4) is 0 Å². The lowest BCUT2D eigenvalue weighted by Gasteiger charge is -2.24. The van der Waals surface area contributed by atoms with Gasteiger partial charge < -0.3 is 15.5 Å². The van der Waals surface area contributed by atoms with E-state index in [1.54, 1.807) is 7.05 Å². The van der Waals surface area contributed by atoms with E-state index in [1.807, 2.05) is 18.2 Å². The molecule has 0 spiro atoms. The zero-order valence-corrected chi connectivity index (χ0v) is 11.7. The Labute approximate surface area is 112 Å². The van der Waals surface area contributed by atoms with E-state index in [4.69, 9.17) is 10.2 Å². The maximum Gasteiger partial charge on any atom is 0.419 e. The maximum atomic E-state index is 11.4. The van der Waals surface area contributed by atoms with Crippen LogP contribution in [-0.4, -0.2) is 17.7 Å². The second kappa shape index (κ2) is 5.09. The van der Waals surface area contributed by atoms with Crippen molar-refractivity contribution in [2.24, 2.45) is 18.2 Å². The Morgan fingerprint density at radius 3 is 2.84 bits per heavy atom. The molecule has 2 rings (SSSR count). The first kappa shape index (κ1) is 13.7. The predicted octanol–water partition coefficient (Wildman–Crippen LogP) is 1.92. The van der Waals surface area contributed by atoms with Crippen LogP contribution in [0.2, 0.25) is 0 Å². The molecule has 0 amide bonds. The van der Waals surface area contributed by atoms with Crippen LogP contribution in [0.3, 0.4) is 0 Å². The number of fused-ring (bicyclic) bond motifs is 1. The number of anilines is 1. The maximum absolute atomic E-state index is 11.4. The lowest BCUT2D eigenvalue weighted by molar-refractivity contribution is 0.365. The number of oxazole rings is 1. The van der Waals surface area contributed by atoms with Crippen molar-refractivity contribution in [2.45, 2.75) is 20.3 Å². The summed E-state index contributed by atoms with van der Waals surface area (Å²) in [4.78, 5) is 11.4. The summed E-state index contributed by atoms with van der Waals surface area (Å²) in [7, 11) is 1.70. The molecule has 1 heterocycles. The monoisotopic (exact) mass is 263 g/mol. The second-order valence-electron chi connectivity index (χ2n) is 5.67. The number of benzene rings is 1. The number of aryl methyl sites for hydroxylation is 1. The third-order valence-electron chi connectivity index (χ3n) is 3.38. The third-order valence-corrected chi connectivity index (χ3v) is 3.38. The Bertz CT molecular complexity index is 625. The van der Waals surface area contributed by atoms with E-state index in [0.717, 1.165) is 24.2 Å². The molecule has 0 unspecified atom stereocenters. The van der Waals surface area contributed by atoms with Crippen LogP contribution in [0, 0.1) is 5.41 Å². The Kier molecular flexibility index (Phi) is 3.66. The Balaban J connectivity index is 2.18. The van der Waals surface area contributed by atoms with Crippen LogP contribution in [0.1, 0.15) is 20.3 Å². The van der Waals surface area contributed by atoms with Crippen LogP contribution < -0.4 is 16.8 Å². The average molecular weight is 263 g/mol. The summed E-state index contributed by atoms with van der Waals surface area (Å²) < 4.78 is 6.61. The smallest absolute Gasteiger partial charge is 0.408 e. The summed E-state index contributed by atoms with van der Waals surface area (Å²) in [6, 6.07) is 5.66. The third kappa shape index (κ3) is 2.98. The molecule has 0 fully saturated rings. The van der Waals surface area contributed by atoms with Gasteiger partial charge in [-0.05, 0) is 36.6 Å². The first-order valence-corrected chi connectivity index (χ1v) is 6.46. The molecule has 0 bridgehead atoms. The van der Waals surface area contributed by atoms with Gasteiger partial charge in [0.05, 0.1) is 5.52 Å². The van der Waals surface area contributed by atoms with E-state index >= 15 is 0 Å². The highest BCUT2D eigenvalue weighted by molar-refractivity contribution is 5.77. The minimum atomic E-state index is -0.337. The van der Waals surface area contributed by atoms with Gasteiger partial charge in [0.15, 0.2) is 5.58 Å². The summed E-state index contributed by atoms with van der Waals surface area (Å²) in [6.45, 7) is 5.88. The fourth-order valence-corrected chi connectivity index (χ4v) is 2.06. The van der Waals surface area contributed by atoms with Gasteiger partial charge in [-0.3, -0.25) is 4.57 Å². The Morgan fingerprint density at radius 1 is 1.42 bits per heavy atom. The van der Waals surface area contributed by atoms with Crippen LogP contribution >= 0.6 is 0 Å². The predicted molar refractivity (Wildman–Crippen MR) is 77.4 cm³/mol. The standard InChI is InChI=1S/C14H21N3O2/c1-14(2,6-7-15)9-16-10-4-5-12-11(8-10)17(3)13(18)19-12/h4-5,8,16H,6-7,9,15H2,1-3H3. The highest BCUT2D eigenvalue weighted by atomic mass is 16.4. The summed E-state index contributed by atoms with van der Waals surface area (Å²) >= 11 is 0. The zero-order chi connectivity index (χ0) is 14.0. The van der Waals surface area contributed by atoms with Crippen LogP contribution in [0.4, 0.5) is 5.69 Å². The molecule has 19 heavy (non-hydrogen) atoms. The number of hydrogen-bond acceptors (Lipinski definition) is 4. The highest BCUT2D eigenvalue weighted by Gasteiger charge is 2.16. The van der Waals surface area contributed by atoms with Crippen LogP contribution in [0.5, 0.6) is 0 Å². The molecule has 0 aliphatic heterocycles. The molecule has 0 radical (unpaired) electrons. The Morgan fingerprint density at radius 2 is 2.16 bits per heavy atom. The summed E-state index contributed by atoms with van der Waals surface area (Å²) in [5.74, 6) is -0.337. The van der Waals surface area contributed by atoms with Gasteiger partial charge in [0.2, 0.25) is 0 Å². The topological polar surface area (TPSA) is 73.2 Å². The van der Waals surface area contributed by atoms with Crippen molar-refractivity contribution < 1.29 is 4.42 Å². The number of rotatable bonds is 5. The van der Waals surface area contributed by atoms with Crippen molar-refractivity contribution in [2.75, 3.05) is 18.4 Å². The molecular weight excluding hydrogens is 242 g/mol. The molecule has 5 heteroatoms. The van der Waals surface area contributed by atoms with Crippen molar-refractivity contribution in [1.29, 1.82) is 0 Å². The molecule has 3 N–H and O–H groups in total. The number of nitrogens with one attached hydrogen (secondary N) is 1. The quantitative estimate of drug-likeness (QED) is 0.864. The van der Waals surface area contributed by atoms with Crippen molar-refractivity contribution in [3.63, 3.8) is 0 Å². The second-order valence-corrected chi connectivity index (χ2v) is 5.67. The first-order chi connectivity index (χ1) is 8.93. The largest absolute Gasteiger partial charge is 0.419 e. The zero-order valence-electron chi connectivity index (χ0n) is 11.7. The molecule has 0 aliphatic rings. The van der Waals surface area contributed by atoms with Gasteiger partial charge in [-0.1, -0.05) is 13.8 Å². The molecule has 5 nitrogen and oxygen atoms in total. The van der Waals surface area contributed by atoms with Gasteiger partial charge in [0.25, 0.3) is 0 Å². The first-order valence-electron chi connectivity index (χ1n) is 6.46. The van der Waals surface area contributed by atoms with Gasteiger partial charge in [-0.2, -0.15) is 0 Å². The normalized spacial score (nSPS) is 12.0. The number of nitrogens with zero attached hydrogens (tertiary/aromatic N) is 1. The minimum absolute atomic E-state index is 0.145. The fraction of sp³-hybridized carbons (Fsp3) is 0.500. The molecule has 1 aromatic heterocycles. The van der Waals surface area contributed by atoms with E-state index in [2.05, 4.69) is 19.2 Å². The molecule has 104 valence electrons. The highest BCUT2D eigenvalue weighted by Crippen LogP contribution is 2.22. The minimum Gasteiger partial charge on any atom is -0.408 e. The molecule has 1 aromatic carbocycles. The van der Waals surface area contributed by atoms with Gasteiger partial charge >= 0.3 is 5.76 Å². The van der Waals surface area contributed by atoms with Crippen molar-refractivity contribution in [1.82, 2.24) is 4.57 Å². The van der Waals surface area contributed by atoms with E-state index in [-0.39, 0.29) is 11.2 Å². The summed E-state index contributed by atoms with van der Waals surface area (Å²) in [5.41, 5.74) is 8.14. The number of hydrogen-bond donors (Lipinski definition) is 2. The van der Waals surface area contributed by atoms with E-state index < -0.39 is 0 Å². The Hall–Kier alpha value is -1.75. The molecule has 0 saturated carbocycles. The summed E-state index contributed by atoms with van der Waals surface area (Å²) in [6.07, 6.45) is 0.965. The fourth-order valence-electron chi connectivity index (χ4n) is 2.06. The van der Waals surface area contributed by atoms with E-state index in [1.165, 1.54) is 4.57 Å². The molecule has 0 atom stereocenters. The van der Waals surface area contributed by atoms with Gasteiger partial charge in [-0.15, -0.1) is 0 Å². The van der Waals surface area contributed by atoms with Gasteiger partial charge in [0.1, 0.15) is 0 Å². The van der Waals surface area contributed by atoms with E-state index in [9.17, 15) is 4.79 Å². The lowest BCUT2D eigenvalue weighted by Crippen LogP contribution is -2.26. The molecule has 0 aliphatic carbocycles. The molecule has 0 saturated heterocycles. The van der Waals surface area contributed by atoms with Crippen molar-refractivity contribution >= 4 is 16.8 Å². The molecule has 2 aromatic rings. The van der Waals surface area contributed by atoms with Crippen molar-refractivity contribution in [3.05, 3.63) is 28.7 Å². The van der Waals surface area contributed by atoms with Crippen LogP contribution in [0.25, 0.3) is 11.1 Å². The van der Waals surface area contributed by atoms with Crippen LogP contribution in [-0.2, 0) is 7.05 Å². The SMILES string of the molecule is Cn1c(=O)oc2ccc(NCC(C)(C)CCN)cc21. The lowest BCUT2D eigenvalue weighted by atomic mass is 9.89. The van der Waals surface area contributed by atoms with Gasteiger partial charge in [0, 0.05) is 19.3 Å².